The average molecular weight is 426 g/mol. The Balaban J connectivity index is 3.50. The Kier molecular flexibility index (Phi) is 3.17. The summed E-state index contributed by atoms with van der Waals surface area (Å²) in [5, 5.41) is 0. The van der Waals surface area contributed by atoms with Gasteiger partial charge in [-0.3, -0.25) is 4.79 Å². The van der Waals surface area contributed by atoms with E-state index in [1.807, 2.05) is 45.2 Å². The van der Waals surface area contributed by atoms with E-state index in [2.05, 4.69) is 20.9 Å². The van der Waals surface area contributed by atoms with Crippen LogP contribution >= 0.6 is 61.1 Å². The van der Waals surface area contributed by atoms with Crippen LogP contribution in [0.5, 0.6) is 0 Å². The molecule has 0 amide bonds. The number of rotatable bonds is 0. The number of pyridine rings is 1. The molecule has 0 saturated heterocycles. The summed E-state index contributed by atoms with van der Waals surface area (Å²) in [4.78, 5) is 14.0. The van der Waals surface area contributed by atoms with Crippen molar-refractivity contribution in [3.8, 4) is 0 Å². The minimum Gasteiger partial charge on any atom is -0.354 e. The maximum Gasteiger partial charge on any atom is 0.209 e. The van der Waals surface area contributed by atoms with Crippen molar-refractivity contribution in [2.45, 2.75) is 0 Å². The van der Waals surface area contributed by atoms with Crippen molar-refractivity contribution in [2.75, 3.05) is 0 Å². The van der Waals surface area contributed by atoms with Crippen molar-refractivity contribution in [1.29, 1.82) is 0 Å². The van der Waals surface area contributed by atoms with Crippen molar-refractivity contribution in [3.05, 3.63) is 28.2 Å². The summed E-state index contributed by atoms with van der Waals surface area (Å²) in [6.45, 7) is 0. The van der Waals surface area contributed by atoms with Gasteiger partial charge in [0.2, 0.25) is 5.43 Å². The van der Waals surface area contributed by atoms with Gasteiger partial charge in [0.25, 0.3) is 0 Å². The lowest BCUT2D eigenvalue weighted by Crippen LogP contribution is -2.09. The maximum atomic E-state index is 11.1. The van der Waals surface area contributed by atoms with Crippen LogP contribution in [0.3, 0.4) is 0 Å². The number of halogens is 3. The summed E-state index contributed by atoms with van der Waals surface area (Å²) in [7, 11) is 0. The summed E-state index contributed by atoms with van der Waals surface area (Å²) >= 11 is 7.21. The quantitative estimate of drug-likeness (QED) is 0.502. The van der Waals surface area contributed by atoms with E-state index in [9.17, 15) is 4.79 Å². The van der Waals surface area contributed by atoms with Crippen LogP contribution in [0.15, 0.2) is 15.6 Å². The predicted octanol–water partition coefficient (Wildman–Crippen LogP) is 2.35. The van der Waals surface area contributed by atoms with Gasteiger partial charge in [-0.2, -0.15) is 0 Å². The smallest absolute Gasteiger partial charge is 0.209 e. The molecule has 1 rings (SSSR count). The van der Waals surface area contributed by atoms with Gasteiger partial charge in [0.1, 0.15) is 0 Å². The van der Waals surface area contributed by atoms with E-state index in [0.29, 0.717) is 7.14 Å². The zero-order valence-electron chi connectivity index (χ0n) is 4.62. The average Bonchev–Trinajstić information content (AvgIpc) is 1.93. The van der Waals surface area contributed by atoms with Crippen LogP contribution in [0, 0.1) is 7.14 Å². The van der Waals surface area contributed by atoms with E-state index in [1.54, 1.807) is 6.20 Å². The van der Waals surface area contributed by atoms with Crippen LogP contribution < -0.4 is 5.43 Å². The highest BCUT2D eigenvalue weighted by Crippen LogP contribution is 2.12. The van der Waals surface area contributed by atoms with Crippen LogP contribution in [-0.4, -0.2) is 4.98 Å². The molecule has 0 bridgehead atoms. The van der Waals surface area contributed by atoms with Crippen LogP contribution in [0.1, 0.15) is 0 Å². The predicted molar refractivity (Wildman–Crippen MR) is 60.2 cm³/mol. The largest absolute Gasteiger partial charge is 0.354 e. The van der Waals surface area contributed by atoms with Gasteiger partial charge >= 0.3 is 0 Å². The summed E-state index contributed by atoms with van der Waals surface area (Å²) in [6.07, 6.45) is 1.68. The number of hydrogen-bond donors (Lipinski definition) is 1. The molecule has 1 aromatic rings. The molecule has 1 aromatic heterocycles. The Morgan fingerprint density at radius 3 is 2.60 bits per heavy atom. The number of nitrogens with one attached hydrogen (secondary N) is 1. The van der Waals surface area contributed by atoms with Gasteiger partial charge in [0, 0.05) is 6.20 Å². The van der Waals surface area contributed by atoms with Crippen LogP contribution in [-0.2, 0) is 0 Å². The minimum atomic E-state index is 0.0758. The Bertz CT molecular complexity index is 309. The molecule has 1 N–H and O–H groups in total. The summed E-state index contributed by atoms with van der Waals surface area (Å²) in [6, 6.07) is 0. The number of aromatic nitrogens is 1. The second-order valence-corrected chi connectivity index (χ2v) is 4.63. The standard InChI is InChI=1S/C5H2BrI2NO/c6-5-3(8)4(10)2(7)1-9-5/h1H,(H,9,10). The Labute approximate surface area is 93.2 Å². The van der Waals surface area contributed by atoms with Crippen molar-refractivity contribution in [3.63, 3.8) is 0 Å². The highest BCUT2D eigenvalue weighted by atomic mass is 127. The Hall–Kier alpha value is 0.890. The summed E-state index contributed by atoms with van der Waals surface area (Å²) in [5.74, 6) is 0. The van der Waals surface area contributed by atoms with Crippen LogP contribution in [0.25, 0.3) is 0 Å². The maximum absolute atomic E-state index is 11.1. The highest BCUT2D eigenvalue weighted by molar-refractivity contribution is 14.1. The SMILES string of the molecule is O=c1c(I)c[nH]c(Br)c1I. The lowest BCUT2D eigenvalue weighted by Gasteiger charge is -1.94. The monoisotopic (exact) mass is 425 g/mol. The third-order valence-corrected chi connectivity index (χ3v) is 4.13. The van der Waals surface area contributed by atoms with Crippen molar-refractivity contribution in [2.24, 2.45) is 0 Å². The molecule has 1 heterocycles. The Morgan fingerprint density at radius 2 is 2.10 bits per heavy atom. The lowest BCUT2D eigenvalue weighted by molar-refractivity contribution is 1.20. The fourth-order valence-electron chi connectivity index (χ4n) is 0.460. The molecule has 10 heavy (non-hydrogen) atoms. The van der Waals surface area contributed by atoms with Gasteiger partial charge in [0.15, 0.2) is 0 Å². The van der Waals surface area contributed by atoms with E-state index < -0.39 is 0 Å². The van der Waals surface area contributed by atoms with Gasteiger partial charge < -0.3 is 4.98 Å². The second kappa shape index (κ2) is 3.53. The lowest BCUT2D eigenvalue weighted by atomic mass is 10.5. The molecule has 0 unspecified atom stereocenters. The van der Waals surface area contributed by atoms with E-state index in [4.69, 9.17) is 0 Å². The fraction of sp³-hybridized carbons (Fsp3) is 0. The van der Waals surface area contributed by atoms with E-state index in [0.717, 1.165) is 4.60 Å². The minimum absolute atomic E-state index is 0.0758. The van der Waals surface area contributed by atoms with Gasteiger partial charge in [-0.1, -0.05) is 0 Å². The first-order chi connectivity index (χ1) is 4.63. The highest BCUT2D eigenvalue weighted by Gasteiger charge is 2.03. The first kappa shape index (κ1) is 8.98. The molecule has 2 nitrogen and oxygen atoms in total. The van der Waals surface area contributed by atoms with E-state index in [1.165, 1.54) is 0 Å². The Morgan fingerprint density at radius 1 is 1.50 bits per heavy atom. The van der Waals surface area contributed by atoms with Crippen molar-refractivity contribution in [1.82, 2.24) is 4.98 Å². The topological polar surface area (TPSA) is 32.9 Å². The van der Waals surface area contributed by atoms with E-state index in [-0.39, 0.29) is 5.43 Å². The normalized spacial score (nSPS) is 9.90. The molecular weight excluding hydrogens is 424 g/mol. The van der Waals surface area contributed by atoms with Crippen LogP contribution in [0.4, 0.5) is 0 Å². The molecule has 0 fully saturated rings. The molecular formula is C5H2BrI2NO. The van der Waals surface area contributed by atoms with Crippen molar-refractivity contribution >= 4 is 61.1 Å². The zero-order chi connectivity index (χ0) is 7.72. The molecule has 0 aliphatic heterocycles. The van der Waals surface area contributed by atoms with Crippen LogP contribution in [0.2, 0.25) is 0 Å². The molecule has 0 atom stereocenters. The molecule has 54 valence electrons. The number of aromatic amines is 1. The fourth-order valence-corrected chi connectivity index (χ4v) is 2.14. The van der Waals surface area contributed by atoms with E-state index >= 15 is 0 Å². The van der Waals surface area contributed by atoms with Gasteiger partial charge in [0.05, 0.1) is 11.7 Å². The molecule has 5 heteroatoms. The summed E-state index contributed by atoms with van der Waals surface area (Å²) < 4.78 is 2.16. The number of hydrogen-bond acceptors (Lipinski definition) is 1. The molecule has 0 spiro atoms. The third kappa shape index (κ3) is 1.73. The van der Waals surface area contributed by atoms with Crippen molar-refractivity contribution < 1.29 is 0 Å². The third-order valence-electron chi connectivity index (χ3n) is 0.935. The zero-order valence-corrected chi connectivity index (χ0v) is 10.5. The van der Waals surface area contributed by atoms with Gasteiger partial charge in [-0.05, 0) is 61.1 Å². The first-order valence-electron chi connectivity index (χ1n) is 2.35. The number of H-pyrrole nitrogens is 1. The first-order valence-corrected chi connectivity index (χ1v) is 5.30. The molecule has 0 aliphatic carbocycles. The van der Waals surface area contributed by atoms with Gasteiger partial charge in [-0.15, -0.1) is 0 Å². The molecule has 0 radical (unpaired) electrons. The molecule has 0 aliphatic rings. The van der Waals surface area contributed by atoms with Gasteiger partial charge in [-0.25, -0.2) is 0 Å². The summed E-state index contributed by atoms with van der Waals surface area (Å²) in [5.41, 5.74) is 0.0758. The molecule has 0 aromatic carbocycles. The molecule has 0 saturated carbocycles. The second-order valence-electron chi connectivity index (χ2n) is 1.59.